The van der Waals surface area contributed by atoms with Crippen LogP contribution in [0.4, 0.5) is 24.5 Å². The summed E-state index contributed by atoms with van der Waals surface area (Å²) in [6.07, 6.45) is -3.30. The summed E-state index contributed by atoms with van der Waals surface area (Å²) in [6.45, 7) is 0. The third kappa shape index (κ3) is 6.46. The molecule has 3 aromatic rings. The third-order valence-corrected chi connectivity index (χ3v) is 5.93. The van der Waals surface area contributed by atoms with Gasteiger partial charge >= 0.3 is 6.36 Å². The van der Waals surface area contributed by atoms with Crippen LogP contribution < -0.4 is 15.0 Å². The van der Waals surface area contributed by atoms with E-state index in [1.54, 1.807) is 60.7 Å². The molecule has 11 heteroatoms. The van der Waals surface area contributed by atoms with Gasteiger partial charge in [0.05, 0.1) is 17.1 Å². The zero-order valence-corrected chi connectivity index (χ0v) is 19.9. The van der Waals surface area contributed by atoms with Crippen molar-refractivity contribution in [1.29, 1.82) is 0 Å². The van der Waals surface area contributed by atoms with Gasteiger partial charge in [-0.1, -0.05) is 65.8 Å². The van der Waals surface area contributed by atoms with Crippen molar-refractivity contribution >= 4 is 57.8 Å². The van der Waals surface area contributed by atoms with E-state index in [2.05, 4.69) is 15.0 Å². The molecule has 0 saturated carbocycles. The Morgan fingerprint density at radius 2 is 1.69 bits per heavy atom. The first-order valence-electron chi connectivity index (χ1n) is 10.4. The van der Waals surface area contributed by atoms with Crippen LogP contribution in [0.1, 0.15) is 5.56 Å². The standard InChI is InChI=1S/C25H17ClF3N3O3S/c26-17-12-10-16(11-13-17)14-20-23(34)32(18-6-2-1-3-7-18)24(31-20)36-15-22(33)30-19-8-4-5-9-21(19)35-25(27,28)29/h1-14H,15H2,(H,30,33). The van der Waals surface area contributed by atoms with Crippen molar-refractivity contribution in [2.45, 2.75) is 6.36 Å². The number of benzene rings is 3. The zero-order valence-electron chi connectivity index (χ0n) is 18.3. The number of para-hydroxylation sites is 3. The minimum Gasteiger partial charge on any atom is -0.404 e. The first-order valence-corrected chi connectivity index (χ1v) is 11.8. The number of ether oxygens (including phenoxy) is 1. The molecule has 0 aliphatic carbocycles. The number of thioether (sulfide) groups is 1. The van der Waals surface area contributed by atoms with Crippen molar-refractivity contribution in [2.75, 3.05) is 16.0 Å². The number of alkyl halides is 3. The number of carbonyl (C=O) groups is 2. The van der Waals surface area contributed by atoms with Crippen LogP contribution in [-0.2, 0) is 9.59 Å². The molecule has 1 aliphatic heterocycles. The summed E-state index contributed by atoms with van der Waals surface area (Å²) in [5, 5.41) is 3.21. The number of aliphatic imine (C=N–C) groups is 1. The highest BCUT2D eigenvalue weighted by Crippen LogP contribution is 2.32. The predicted molar refractivity (Wildman–Crippen MR) is 135 cm³/mol. The second-order valence-electron chi connectivity index (χ2n) is 7.33. The van der Waals surface area contributed by atoms with Crippen LogP contribution >= 0.6 is 23.4 Å². The van der Waals surface area contributed by atoms with E-state index in [0.717, 1.165) is 17.8 Å². The van der Waals surface area contributed by atoms with Crippen molar-refractivity contribution in [1.82, 2.24) is 0 Å². The molecule has 0 fully saturated rings. The Balaban J connectivity index is 1.53. The molecule has 2 amide bonds. The Labute approximate surface area is 213 Å². The van der Waals surface area contributed by atoms with Gasteiger partial charge in [-0.2, -0.15) is 0 Å². The molecular weight excluding hydrogens is 515 g/mol. The molecule has 0 atom stereocenters. The molecule has 1 aliphatic rings. The molecule has 184 valence electrons. The van der Waals surface area contributed by atoms with Crippen molar-refractivity contribution in [3.05, 3.63) is 95.1 Å². The number of nitrogens with zero attached hydrogens (tertiary/aromatic N) is 2. The first-order chi connectivity index (χ1) is 17.2. The van der Waals surface area contributed by atoms with E-state index in [4.69, 9.17) is 11.6 Å². The van der Waals surface area contributed by atoms with E-state index < -0.39 is 18.0 Å². The van der Waals surface area contributed by atoms with E-state index in [-0.39, 0.29) is 28.2 Å². The van der Waals surface area contributed by atoms with Gasteiger partial charge in [0.1, 0.15) is 5.70 Å². The maximum absolute atomic E-state index is 13.2. The number of rotatable bonds is 6. The lowest BCUT2D eigenvalue weighted by Crippen LogP contribution is -2.31. The van der Waals surface area contributed by atoms with Crippen molar-refractivity contribution in [3.8, 4) is 5.75 Å². The van der Waals surface area contributed by atoms with E-state index in [1.165, 1.54) is 23.1 Å². The van der Waals surface area contributed by atoms with Gasteiger partial charge in [0.15, 0.2) is 10.9 Å². The van der Waals surface area contributed by atoms with Gasteiger partial charge in [0.25, 0.3) is 5.91 Å². The number of halogens is 4. The summed E-state index contributed by atoms with van der Waals surface area (Å²) in [5.74, 6) is -1.74. The van der Waals surface area contributed by atoms with Crippen molar-refractivity contribution < 1.29 is 27.5 Å². The van der Waals surface area contributed by atoms with Crippen molar-refractivity contribution in [2.24, 2.45) is 4.99 Å². The van der Waals surface area contributed by atoms with Gasteiger partial charge in [-0.15, -0.1) is 13.2 Å². The normalized spacial score (nSPS) is 14.7. The fourth-order valence-corrected chi connectivity index (χ4v) is 4.15. The molecule has 0 unspecified atom stereocenters. The lowest BCUT2D eigenvalue weighted by atomic mass is 10.2. The summed E-state index contributed by atoms with van der Waals surface area (Å²) in [7, 11) is 0. The molecule has 0 spiro atoms. The summed E-state index contributed by atoms with van der Waals surface area (Å²) in [6, 6.07) is 20.8. The minimum absolute atomic E-state index is 0.131. The van der Waals surface area contributed by atoms with Crippen LogP contribution in [0.3, 0.4) is 0 Å². The number of amidine groups is 1. The Morgan fingerprint density at radius 1 is 1.03 bits per heavy atom. The molecule has 0 radical (unpaired) electrons. The molecule has 0 bridgehead atoms. The largest absolute Gasteiger partial charge is 0.573 e. The van der Waals surface area contributed by atoms with Gasteiger partial charge in [-0.3, -0.25) is 14.5 Å². The molecule has 3 aromatic carbocycles. The Morgan fingerprint density at radius 3 is 2.39 bits per heavy atom. The molecule has 6 nitrogen and oxygen atoms in total. The van der Waals surface area contributed by atoms with Crippen LogP contribution in [-0.4, -0.2) is 29.1 Å². The van der Waals surface area contributed by atoms with Crippen LogP contribution in [0.5, 0.6) is 5.75 Å². The van der Waals surface area contributed by atoms with Gasteiger partial charge in [0, 0.05) is 5.02 Å². The second-order valence-corrected chi connectivity index (χ2v) is 8.71. The maximum Gasteiger partial charge on any atom is 0.573 e. The monoisotopic (exact) mass is 531 g/mol. The van der Waals surface area contributed by atoms with Crippen LogP contribution in [0, 0.1) is 0 Å². The average molecular weight is 532 g/mol. The summed E-state index contributed by atoms with van der Waals surface area (Å²) in [5.41, 5.74) is 1.29. The lowest BCUT2D eigenvalue weighted by molar-refractivity contribution is -0.274. The van der Waals surface area contributed by atoms with Crippen LogP contribution in [0.2, 0.25) is 5.02 Å². The fourth-order valence-electron chi connectivity index (χ4n) is 3.21. The van der Waals surface area contributed by atoms with Crippen molar-refractivity contribution in [3.63, 3.8) is 0 Å². The maximum atomic E-state index is 13.2. The Kier molecular flexibility index (Phi) is 7.66. The van der Waals surface area contributed by atoms with E-state index >= 15 is 0 Å². The zero-order chi connectivity index (χ0) is 25.7. The van der Waals surface area contributed by atoms with Gasteiger partial charge in [-0.05, 0) is 48.0 Å². The van der Waals surface area contributed by atoms with E-state index in [1.807, 2.05) is 0 Å². The van der Waals surface area contributed by atoms with Crippen LogP contribution in [0.15, 0.2) is 89.6 Å². The van der Waals surface area contributed by atoms with E-state index in [9.17, 15) is 22.8 Å². The number of carbonyl (C=O) groups excluding carboxylic acids is 2. The summed E-state index contributed by atoms with van der Waals surface area (Å²) >= 11 is 6.90. The third-order valence-electron chi connectivity index (χ3n) is 4.74. The van der Waals surface area contributed by atoms with Crippen LogP contribution in [0.25, 0.3) is 6.08 Å². The number of hydrogen-bond acceptors (Lipinski definition) is 5. The highest BCUT2D eigenvalue weighted by Gasteiger charge is 2.33. The molecule has 4 rings (SSSR count). The average Bonchev–Trinajstić information content (AvgIpc) is 3.15. The minimum atomic E-state index is -4.91. The van der Waals surface area contributed by atoms with Gasteiger partial charge < -0.3 is 10.1 Å². The first kappa shape index (κ1) is 25.3. The summed E-state index contributed by atoms with van der Waals surface area (Å²) < 4.78 is 41.9. The number of anilines is 2. The molecule has 1 heterocycles. The SMILES string of the molecule is O=C(CSC1=NC(=Cc2ccc(Cl)cc2)C(=O)N1c1ccccc1)Nc1ccccc1OC(F)(F)F. The van der Waals surface area contributed by atoms with Gasteiger partial charge in [0.2, 0.25) is 5.91 Å². The quantitative estimate of drug-likeness (QED) is 0.376. The topological polar surface area (TPSA) is 71.0 Å². The fraction of sp³-hybridized carbons (Fsp3) is 0.0800. The highest BCUT2D eigenvalue weighted by atomic mass is 35.5. The van der Waals surface area contributed by atoms with Gasteiger partial charge in [-0.25, -0.2) is 4.99 Å². The Bertz CT molecular complexity index is 1330. The lowest BCUT2D eigenvalue weighted by Gasteiger charge is -2.18. The van der Waals surface area contributed by atoms with E-state index in [0.29, 0.717) is 16.3 Å². The summed E-state index contributed by atoms with van der Waals surface area (Å²) in [4.78, 5) is 31.5. The number of amides is 2. The molecule has 1 N–H and O–H groups in total. The highest BCUT2D eigenvalue weighted by molar-refractivity contribution is 8.14. The number of nitrogens with one attached hydrogen (secondary N) is 1. The second kappa shape index (κ2) is 10.9. The number of hydrogen-bond donors (Lipinski definition) is 1. The smallest absolute Gasteiger partial charge is 0.404 e. The molecule has 0 aromatic heterocycles. The molecule has 0 saturated heterocycles. The molecular formula is C25H17ClF3N3O3S. The Hall–Kier alpha value is -3.76. The molecule has 36 heavy (non-hydrogen) atoms. The predicted octanol–water partition coefficient (Wildman–Crippen LogP) is 6.35.